The highest BCUT2D eigenvalue weighted by Crippen LogP contribution is 2.22. The molecule has 0 aliphatic carbocycles. The number of rotatable bonds is 3. The number of nitrogen functional groups attached to an aromatic ring is 1. The molecule has 3 N–H and O–H groups in total. The molecule has 0 aliphatic rings. The number of aryl methyl sites for hydroxylation is 1. The van der Waals surface area contributed by atoms with Gasteiger partial charge in [0.2, 0.25) is 0 Å². The van der Waals surface area contributed by atoms with Gasteiger partial charge in [-0.15, -0.1) is 12.4 Å². The van der Waals surface area contributed by atoms with Gasteiger partial charge in [-0.05, 0) is 18.1 Å². The summed E-state index contributed by atoms with van der Waals surface area (Å²) in [6, 6.07) is 4.96. The predicted octanol–water partition coefficient (Wildman–Crippen LogP) is 2.19. The molecule has 0 radical (unpaired) electrons. The van der Waals surface area contributed by atoms with Crippen molar-refractivity contribution >= 4 is 29.8 Å². The summed E-state index contributed by atoms with van der Waals surface area (Å²) in [5.74, 6) is 0.260. The van der Waals surface area contributed by atoms with Crippen molar-refractivity contribution in [3.05, 3.63) is 35.8 Å². The fourth-order valence-electron chi connectivity index (χ4n) is 1.79. The summed E-state index contributed by atoms with van der Waals surface area (Å²) < 4.78 is 1.68. The molecule has 0 fully saturated rings. The third-order valence-electron chi connectivity index (χ3n) is 2.66. The zero-order chi connectivity index (χ0) is 14.0. The van der Waals surface area contributed by atoms with Crippen molar-refractivity contribution in [1.82, 2.24) is 14.8 Å². The van der Waals surface area contributed by atoms with Crippen molar-refractivity contribution in [3.63, 3.8) is 0 Å². The molecule has 0 bridgehead atoms. The van der Waals surface area contributed by atoms with E-state index in [2.05, 4.69) is 15.4 Å². The van der Waals surface area contributed by atoms with Crippen molar-refractivity contribution in [1.29, 1.82) is 0 Å². The Balaban J connectivity index is 0.00000200. The van der Waals surface area contributed by atoms with Crippen molar-refractivity contribution in [3.8, 4) is 0 Å². The molecular weight excluding hydrogens is 278 g/mol. The Bertz CT molecular complexity index is 609. The summed E-state index contributed by atoms with van der Waals surface area (Å²) in [7, 11) is 1.82. The van der Waals surface area contributed by atoms with Crippen LogP contribution < -0.4 is 11.1 Å². The molecule has 2 aromatic heterocycles. The third kappa shape index (κ3) is 3.48. The van der Waals surface area contributed by atoms with Crippen LogP contribution in [0.5, 0.6) is 0 Å². The molecule has 0 spiro atoms. The lowest BCUT2D eigenvalue weighted by Gasteiger charge is -2.07. The van der Waals surface area contributed by atoms with Crippen LogP contribution in [0.15, 0.2) is 24.4 Å². The molecule has 6 nitrogen and oxygen atoms in total. The van der Waals surface area contributed by atoms with Gasteiger partial charge in [0, 0.05) is 13.2 Å². The first kappa shape index (κ1) is 16.0. The molecule has 0 saturated carbocycles. The fraction of sp³-hybridized carbons (Fsp3) is 0.308. The Morgan fingerprint density at radius 3 is 2.70 bits per heavy atom. The molecule has 0 aromatic carbocycles. The number of hydrogen-bond acceptors (Lipinski definition) is 4. The molecule has 1 amide bonds. The van der Waals surface area contributed by atoms with Crippen LogP contribution in [0.3, 0.4) is 0 Å². The molecule has 20 heavy (non-hydrogen) atoms. The average Bonchev–Trinajstić information content (AvgIpc) is 2.70. The zero-order valence-corrected chi connectivity index (χ0v) is 12.4. The molecular formula is C13H18ClN5O. The number of amides is 1. The highest BCUT2D eigenvalue weighted by atomic mass is 35.5. The highest BCUT2D eigenvalue weighted by molar-refractivity contribution is 6.03. The van der Waals surface area contributed by atoms with E-state index in [0.29, 0.717) is 17.2 Å². The molecule has 0 unspecified atom stereocenters. The number of anilines is 2. The number of carbonyl (C=O) groups excluding carboxylic acids is 1. The molecule has 108 valence electrons. The van der Waals surface area contributed by atoms with Gasteiger partial charge in [-0.2, -0.15) is 5.10 Å². The second kappa shape index (κ2) is 6.38. The van der Waals surface area contributed by atoms with Crippen LogP contribution in [0.2, 0.25) is 0 Å². The Morgan fingerprint density at radius 1 is 1.40 bits per heavy atom. The number of nitrogens with one attached hydrogen (secondary N) is 1. The van der Waals surface area contributed by atoms with Gasteiger partial charge < -0.3 is 11.1 Å². The predicted molar refractivity (Wildman–Crippen MR) is 81.1 cm³/mol. The van der Waals surface area contributed by atoms with Crippen molar-refractivity contribution < 1.29 is 4.79 Å². The summed E-state index contributed by atoms with van der Waals surface area (Å²) in [4.78, 5) is 16.1. The summed E-state index contributed by atoms with van der Waals surface area (Å²) in [6.07, 6.45) is 1.78. The molecule has 2 aromatic rings. The minimum Gasteiger partial charge on any atom is -0.384 e. The Hall–Kier alpha value is -2.08. The van der Waals surface area contributed by atoms with Gasteiger partial charge in [0.05, 0.1) is 11.4 Å². The van der Waals surface area contributed by atoms with Gasteiger partial charge in [0.1, 0.15) is 11.5 Å². The summed E-state index contributed by atoms with van der Waals surface area (Å²) in [5.41, 5.74) is 7.40. The maximum Gasteiger partial charge on any atom is 0.274 e. The molecule has 7 heteroatoms. The van der Waals surface area contributed by atoms with E-state index < -0.39 is 0 Å². The summed E-state index contributed by atoms with van der Waals surface area (Å²) >= 11 is 0. The first-order chi connectivity index (χ1) is 8.97. The topological polar surface area (TPSA) is 85.8 Å². The number of halogens is 1. The quantitative estimate of drug-likeness (QED) is 0.909. The number of nitrogens with zero attached hydrogens (tertiary/aromatic N) is 3. The van der Waals surface area contributed by atoms with E-state index in [-0.39, 0.29) is 24.2 Å². The van der Waals surface area contributed by atoms with E-state index in [1.807, 2.05) is 20.9 Å². The van der Waals surface area contributed by atoms with Crippen LogP contribution in [-0.2, 0) is 7.05 Å². The fourth-order valence-corrected chi connectivity index (χ4v) is 1.79. The molecule has 0 aliphatic heterocycles. The smallest absolute Gasteiger partial charge is 0.274 e. The van der Waals surface area contributed by atoms with Crippen LogP contribution in [0.1, 0.15) is 35.9 Å². The molecule has 2 rings (SSSR count). The van der Waals surface area contributed by atoms with Gasteiger partial charge in [0.15, 0.2) is 0 Å². The number of nitrogens with two attached hydrogens (primary N) is 1. The average molecular weight is 296 g/mol. The van der Waals surface area contributed by atoms with Gasteiger partial charge >= 0.3 is 0 Å². The first-order valence-electron chi connectivity index (χ1n) is 6.05. The van der Waals surface area contributed by atoms with Crippen LogP contribution in [0, 0.1) is 0 Å². The van der Waals surface area contributed by atoms with E-state index in [4.69, 9.17) is 5.73 Å². The monoisotopic (exact) mass is 295 g/mol. The van der Waals surface area contributed by atoms with Gasteiger partial charge in [-0.3, -0.25) is 9.48 Å². The zero-order valence-electron chi connectivity index (χ0n) is 11.6. The summed E-state index contributed by atoms with van der Waals surface area (Å²) in [5, 5.41) is 7.15. The molecule has 0 saturated heterocycles. The number of pyridine rings is 1. The van der Waals surface area contributed by atoms with Crippen LogP contribution >= 0.6 is 12.4 Å². The normalized spacial score (nSPS) is 10.2. The van der Waals surface area contributed by atoms with Crippen LogP contribution in [-0.4, -0.2) is 20.7 Å². The summed E-state index contributed by atoms with van der Waals surface area (Å²) in [6.45, 7) is 4.05. The SMILES string of the molecule is CC(C)c1nn(C)cc1NC(=O)c1cccc(N)n1.Cl. The lowest BCUT2D eigenvalue weighted by atomic mass is 10.1. The minimum absolute atomic E-state index is 0. The molecule has 2 heterocycles. The third-order valence-corrected chi connectivity index (χ3v) is 2.66. The van der Waals surface area contributed by atoms with Crippen molar-refractivity contribution in [2.45, 2.75) is 19.8 Å². The van der Waals surface area contributed by atoms with E-state index in [1.54, 1.807) is 29.1 Å². The lowest BCUT2D eigenvalue weighted by Crippen LogP contribution is -2.15. The number of aromatic nitrogens is 3. The maximum atomic E-state index is 12.1. The highest BCUT2D eigenvalue weighted by Gasteiger charge is 2.15. The Morgan fingerprint density at radius 2 is 2.10 bits per heavy atom. The van der Waals surface area contributed by atoms with Gasteiger partial charge in [-0.25, -0.2) is 4.98 Å². The van der Waals surface area contributed by atoms with Gasteiger partial charge in [0.25, 0.3) is 5.91 Å². The Kier molecular flexibility index (Phi) is 5.10. The second-order valence-corrected chi connectivity index (χ2v) is 4.66. The molecule has 0 atom stereocenters. The minimum atomic E-state index is -0.290. The maximum absolute atomic E-state index is 12.1. The Labute approximate surface area is 123 Å². The van der Waals surface area contributed by atoms with Crippen LogP contribution in [0.25, 0.3) is 0 Å². The van der Waals surface area contributed by atoms with Crippen molar-refractivity contribution in [2.75, 3.05) is 11.1 Å². The van der Waals surface area contributed by atoms with Crippen LogP contribution in [0.4, 0.5) is 11.5 Å². The van der Waals surface area contributed by atoms with E-state index in [1.165, 1.54) is 0 Å². The largest absolute Gasteiger partial charge is 0.384 e. The standard InChI is InChI=1S/C13H17N5O.ClH/c1-8(2)12-10(7-18(3)17-12)16-13(19)9-5-4-6-11(14)15-9;/h4-8H,1-3H3,(H2,14,15)(H,16,19);1H. The lowest BCUT2D eigenvalue weighted by molar-refractivity contribution is 0.102. The second-order valence-electron chi connectivity index (χ2n) is 4.66. The number of hydrogen-bond donors (Lipinski definition) is 2. The van der Waals surface area contributed by atoms with E-state index in [0.717, 1.165) is 5.69 Å². The van der Waals surface area contributed by atoms with Crippen molar-refractivity contribution in [2.24, 2.45) is 7.05 Å². The van der Waals surface area contributed by atoms with Gasteiger partial charge in [-0.1, -0.05) is 19.9 Å². The van der Waals surface area contributed by atoms with E-state index >= 15 is 0 Å². The number of carbonyl (C=O) groups is 1. The van der Waals surface area contributed by atoms with E-state index in [9.17, 15) is 4.79 Å². The first-order valence-corrected chi connectivity index (χ1v) is 6.05.